The molecule has 0 aliphatic rings. The summed E-state index contributed by atoms with van der Waals surface area (Å²) in [6.07, 6.45) is 0.876. The van der Waals surface area contributed by atoms with Crippen molar-refractivity contribution in [2.75, 3.05) is 0 Å². The molecule has 0 aromatic carbocycles. The molecule has 0 spiro atoms. The van der Waals surface area contributed by atoms with Gasteiger partial charge in [-0.05, 0) is 25.8 Å². The van der Waals surface area contributed by atoms with Crippen LogP contribution in [0.1, 0.15) is 51.4 Å². The molecule has 0 unspecified atom stereocenters. The first kappa shape index (κ1) is 17.3. The van der Waals surface area contributed by atoms with Gasteiger partial charge in [-0.15, -0.1) is 0 Å². The smallest absolute Gasteiger partial charge is 0.268 e. The molecular weight excluding hydrogens is 200 g/mol. The molecule has 0 atom stereocenters. The number of aryl methyl sites for hydroxylation is 2. The molecule has 0 saturated heterocycles. The van der Waals surface area contributed by atoms with E-state index >= 15 is 0 Å². The third-order valence-corrected chi connectivity index (χ3v) is 2.16. The first-order chi connectivity index (χ1) is 7.57. The van der Waals surface area contributed by atoms with Crippen molar-refractivity contribution in [2.45, 2.75) is 54.9 Å². The van der Waals surface area contributed by atoms with Crippen molar-refractivity contribution < 1.29 is 0 Å². The first-order valence-electron chi connectivity index (χ1n) is 6.11. The minimum absolute atomic E-state index is 0.0115. The molecular formula is C13H26N2O. The quantitative estimate of drug-likeness (QED) is 0.738. The van der Waals surface area contributed by atoms with Crippen molar-refractivity contribution in [1.29, 1.82) is 0 Å². The SMILES string of the molecule is CC.CC.CCc1c(C)nn(C)c(=O)c1C. The Morgan fingerprint density at radius 3 is 1.94 bits per heavy atom. The largest absolute Gasteiger partial charge is 0.269 e. The average Bonchev–Trinajstić information content (AvgIpc) is 2.32. The summed E-state index contributed by atoms with van der Waals surface area (Å²) in [5.41, 5.74) is 2.88. The van der Waals surface area contributed by atoms with Crippen LogP contribution in [-0.2, 0) is 13.5 Å². The normalized spacial score (nSPS) is 8.50. The molecule has 0 saturated carbocycles. The van der Waals surface area contributed by atoms with Gasteiger partial charge in [-0.3, -0.25) is 4.79 Å². The molecule has 0 radical (unpaired) electrons. The van der Waals surface area contributed by atoms with E-state index in [1.54, 1.807) is 7.05 Å². The molecule has 3 nitrogen and oxygen atoms in total. The molecule has 16 heavy (non-hydrogen) atoms. The number of rotatable bonds is 1. The Labute approximate surface area is 99.5 Å². The number of hydrogen-bond acceptors (Lipinski definition) is 2. The van der Waals surface area contributed by atoms with Crippen molar-refractivity contribution in [2.24, 2.45) is 7.05 Å². The highest BCUT2D eigenvalue weighted by atomic mass is 16.1. The van der Waals surface area contributed by atoms with Gasteiger partial charge in [0.05, 0.1) is 5.69 Å². The van der Waals surface area contributed by atoms with E-state index in [-0.39, 0.29) is 5.56 Å². The van der Waals surface area contributed by atoms with Gasteiger partial charge in [-0.25, -0.2) is 4.68 Å². The van der Waals surface area contributed by atoms with Gasteiger partial charge in [0.1, 0.15) is 0 Å². The second-order valence-corrected chi connectivity index (χ2v) is 2.97. The third kappa shape index (κ3) is 4.17. The van der Waals surface area contributed by atoms with Crippen molar-refractivity contribution in [3.63, 3.8) is 0 Å². The van der Waals surface area contributed by atoms with Gasteiger partial charge < -0.3 is 0 Å². The first-order valence-corrected chi connectivity index (χ1v) is 6.11. The van der Waals surface area contributed by atoms with Crippen LogP contribution in [0, 0.1) is 13.8 Å². The summed E-state index contributed by atoms with van der Waals surface area (Å²) in [6, 6.07) is 0. The van der Waals surface area contributed by atoms with E-state index in [0.29, 0.717) is 0 Å². The van der Waals surface area contributed by atoms with Crippen LogP contribution in [-0.4, -0.2) is 9.78 Å². The van der Waals surface area contributed by atoms with Crippen molar-refractivity contribution in [1.82, 2.24) is 9.78 Å². The van der Waals surface area contributed by atoms with Crippen LogP contribution in [0.5, 0.6) is 0 Å². The van der Waals surface area contributed by atoms with Gasteiger partial charge in [-0.1, -0.05) is 34.6 Å². The standard InChI is InChI=1S/C9H14N2O.2C2H6/c1-5-8-6(2)9(12)11(4)10-7(8)3;2*1-2/h5H2,1-4H3;2*1-2H3. The van der Waals surface area contributed by atoms with Crippen LogP contribution in [0.4, 0.5) is 0 Å². The minimum Gasteiger partial charge on any atom is -0.268 e. The van der Waals surface area contributed by atoms with Gasteiger partial charge in [0.25, 0.3) is 5.56 Å². The molecule has 1 aromatic rings. The van der Waals surface area contributed by atoms with Gasteiger partial charge >= 0.3 is 0 Å². The van der Waals surface area contributed by atoms with E-state index < -0.39 is 0 Å². The predicted octanol–water partition coefficient (Wildman–Crippen LogP) is 3.01. The van der Waals surface area contributed by atoms with Gasteiger partial charge in [0.2, 0.25) is 0 Å². The Hall–Kier alpha value is -1.12. The van der Waals surface area contributed by atoms with Crippen LogP contribution < -0.4 is 5.56 Å². The molecule has 1 aromatic heterocycles. The summed E-state index contributed by atoms with van der Waals surface area (Å²) in [5.74, 6) is 0. The Bertz CT molecular complexity index is 354. The summed E-state index contributed by atoms with van der Waals surface area (Å²) in [6.45, 7) is 13.8. The van der Waals surface area contributed by atoms with Crippen molar-refractivity contribution in [3.8, 4) is 0 Å². The van der Waals surface area contributed by atoms with Gasteiger partial charge in [0, 0.05) is 12.6 Å². The lowest BCUT2D eigenvalue weighted by Crippen LogP contribution is -2.24. The molecule has 0 aliphatic carbocycles. The van der Waals surface area contributed by atoms with Gasteiger partial charge in [0.15, 0.2) is 0 Å². The van der Waals surface area contributed by atoms with Crippen LogP contribution >= 0.6 is 0 Å². The molecule has 0 fully saturated rings. The van der Waals surface area contributed by atoms with E-state index in [4.69, 9.17) is 0 Å². The average molecular weight is 226 g/mol. The fourth-order valence-electron chi connectivity index (χ4n) is 1.49. The summed E-state index contributed by atoms with van der Waals surface area (Å²) >= 11 is 0. The maximum Gasteiger partial charge on any atom is 0.269 e. The van der Waals surface area contributed by atoms with Crippen LogP contribution in [0.15, 0.2) is 4.79 Å². The zero-order valence-electron chi connectivity index (χ0n) is 12.0. The Balaban J connectivity index is 0. The fourth-order valence-corrected chi connectivity index (χ4v) is 1.49. The molecule has 1 rings (SSSR count). The highest BCUT2D eigenvalue weighted by Gasteiger charge is 2.06. The van der Waals surface area contributed by atoms with Crippen LogP contribution in [0.2, 0.25) is 0 Å². The monoisotopic (exact) mass is 226 g/mol. The Kier molecular flexibility index (Phi) is 9.86. The second kappa shape index (κ2) is 9.13. The molecule has 3 heteroatoms. The maximum absolute atomic E-state index is 11.4. The lowest BCUT2D eigenvalue weighted by atomic mass is 10.1. The van der Waals surface area contributed by atoms with E-state index in [9.17, 15) is 4.79 Å². The van der Waals surface area contributed by atoms with E-state index in [2.05, 4.69) is 5.10 Å². The summed E-state index contributed by atoms with van der Waals surface area (Å²) in [5, 5.41) is 4.11. The van der Waals surface area contributed by atoms with E-state index in [1.807, 2.05) is 48.5 Å². The van der Waals surface area contributed by atoms with E-state index in [1.165, 1.54) is 4.68 Å². The third-order valence-electron chi connectivity index (χ3n) is 2.16. The van der Waals surface area contributed by atoms with Crippen LogP contribution in [0.3, 0.4) is 0 Å². The molecule has 0 aliphatic heterocycles. The lowest BCUT2D eigenvalue weighted by Gasteiger charge is -2.07. The zero-order chi connectivity index (χ0) is 13.3. The highest BCUT2D eigenvalue weighted by molar-refractivity contribution is 5.25. The van der Waals surface area contributed by atoms with Crippen molar-refractivity contribution >= 4 is 0 Å². The topological polar surface area (TPSA) is 34.9 Å². The van der Waals surface area contributed by atoms with Gasteiger partial charge in [-0.2, -0.15) is 5.10 Å². The predicted molar refractivity (Wildman–Crippen MR) is 71.0 cm³/mol. The summed E-state index contributed by atoms with van der Waals surface area (Å²) in [7, 11) is 1.68. The lowest BCUT2D eigenvalue weighted by molar-refractivity contribution is 0.675. The number of nitrogens with zero attached hydrogens (tertiary/aromatic N) is 2. The molecule has 0 bridgehead atoms. The van der Waals surface area contributed by atoms with Crippen molar-refractivity contribution in [3.05, 3.63) is 27.2 Å². The molecule has 94 valence electrons. The summed E-state index contributed by atoms with van der Waals surface area (Å²) in [4.78, 5) is 11.4. The maximum atomic E-state index is 11.4. The van der Waals surface area contributed by atoms with E-state index in [0.717, 1.165) is 23.2 Å². The highest BCUT2D eigenvalue weighted by Crippen LogP contribution is 2.06. The number of aromatic nitrogens is 2. The number of hydrogen-bond donors (Lipinski definition) is 0. The van der Waals surface area contributed by atoms with Crippen LogP contribution in [0.25, 0.3) is 0 Å². The molecule has 1 heterocycles. The fraction of sp³-hybridized carbons (Fsp3) is 0.692. The Morgan fingerprint density at radius 1 is 1.12 bits per heavy atom. The molecule has 0 N–H and O–H groups in total. The summed E-state index contributed by atoms with van der Waals surface area (Å²) < 4.78 is 1.39. The minimum atomic E-state index is 0.0115. The molecule has 0 amide bonds. The zero-order valence-corrected chi connectivity index (χ0v) is 12.0. The second-order valence-electron chi connectivity index (χ2n) is 2.97. The Morgan fingerprint density at radius 2 is 1.56 bits per heavy atom.